The number of pyridine rings is 2. The summed E-state index contributed by atoms with van der Waals surface area (Å²) in [7, 11) is 1.49. The van der Waals surface area contributed by atoms with Crippen LogP contribution in [0.2, 0.25) is 0 Å². The third-order valence-corrected chi connectivity index (χ3v) is 4.35. The highest BCUT2D eigenvalue weighted by Crippen LogP contribution is 2.21. The van der Waals surface area contributed by atoms with Crippen LogP contribution in [0.15, 0.2) is 41.3 Å². The van der Waals surface area contributed by atoms with E-state index >= 15 is 0 Å². The van der Waals surface area contributed by atoms with Crippen LogP contribution in [0.1, 0.15) is 27.0 Å². The number of carbonyl (C=O) groups is 1. The summed E-state index contributed by atoms with van der Waals surface area (Å²) in [5, 5.41) is 18.7. The number of hydrogen-bond acceptors (Lipinski definition) is 5. The summed E-state index contributed by atoms with van der Waals surface area (Å²) in [6.45, 7) is 0. The number of benzene rings is 1. The number of fused-ring (bicyclic) bond motifs is 1. The Morgan fingerprint density at radius 3 is 2.52 bits per heavy atom. The van der Waals surface area contributed by atoms with Crippen molar-refractivity contribution in [1.82, 2.24) is 9.55 Å². The lowest BCUT2D eigenvalue weighted by molar-refractivity contribution is -0.0380. The number of carbonyl (C=O) groups excluding carboxylic acids is 1. The molecule has 7 nitrogen and oxygen atoms in total. The minimum absolute atomic E-state index is 0.101. The zero-order valence-corrected chi connectivity index (χ0v) is 14.5. The third kappa shape index (κ3) is 3.71. The van der Waals surface area contributed by atoms with Crippen LogP contribution in [0.4, 0.5) is 4.39 Å². The van der Waals surface area contributed by atoms with Gasteiger partial charge in [0, 0.05) is 25.2 Å². The van der Waals surface area contributed by atoms with Gasteiger partial charge in [-0.15, -0.1) is 0 Å². The number of aliphatic hydroxyl groups is 2. The molecule has 3 aromatic rings. The average Bonchev–Trinajstić information content (AvgIpc) is 2.61. The van der Waals surface area contributed by atoms with Gasteiger partial charge in [0.05, 0.1) is 11.0 Å². The van der Waals surface area contributed by atoms with Crippen LogP contribution in [-0.4, -0.2) is 32.0 Å². The molecule has 4 N–H and O–H groups in total. The van der Waals surface area contributed by atoms with Gasteiger partial charge in [0.15, 0.2) is 6.29 Å². The van der Waals surface area contributed by atoms with Gasteiger partial charge in [-0.3, -0.25) is 14.6 Å². The van der Waals surface area contributed by atoms with E-state index in [1.165, 1.54) is 23.7 Å². The normalized spacial score (nSPS) is 11.3. The van der Waals surface area contributed by atoms with Crippen molar-refractivity contribution < 1.29 is 19.4 Å². The minimum atomic E-state index is -1.76. The molecule has 0 bridgehead atoms. The Kier molecular flexibility index (Phi) is 5.02. The summed E-state index contributed by atoms with van der Waals surface area (Å²) in [6, 6.07) is 7.76. The van der Waals surface area contributed by atoms with E-state index in [2.05, 4.69) is 4.98 Å². The van der Waals surface area contributed by atoms with Crippen molar-refractivity contribution in [2.24, 2.45) is 12.8 Å². The number of amides is 1. The summed E-state index contributed by atoms with van der Waals surface area (Å²) in [5.41, 5.74) is 6.84. The highest BCUT2D eigenvalue weighted by Gasteiger charge is 2.22. The van der Waals surface area contributed by atoms with Crippen LogP contribution < -0.4 is 11.3 Å². The molecular weight excluding hydrogens is 353 g/mol. The molecule has 1 amide bonds. The van der Waals surface area contributed by atoms with Gasteiger partial charge in [-0.05, 0) is 35.7 Å². The standard InChI is InChI=1S/C19H18FN3O4/c1-23-14-7-11(6-10-2-4-12(20)5-3-10)9-22-17(14)13(8-15(24)25)16(18(21)26)19(23)27/h2-5,7,9,15,24-25H,6,8H2,1H3,(H2,21,26). The lowest BCUT2D eigenvalue weighted by Gasteiger charge is -2.15. The topological polar surface area (TPSA) is 118 Å². The van der Waals surface area contributed by atoms with Crippen LogP contribution in [-0.2, 0) is 19.9 Å². The zero-order chi connectivity index (χ0) is 19.7. The van der Waals surface area contributed by atoms with Crippen molar-refractivity contribution in [2.75, 3.05) is 0 Å². The number of nitrogens with two attached hydrogens (primary N) is 1. The Hall–Kier alpha value is -3.10. The van der Waals surface area contributed by atoms with Crippen LogP contribution in [0.25, 0.3) is 11.0 Å². The summed E-state index contributed by atoms with van der Waals surface area (Å²) in [6.07, 6.45) is -0.0878. The van der Waals surface area contributed by atoms with E-state index < -0.39 is 17.8 Å². The van der Waals surface area contributed by atoms with Crippen molar-refractivity contribution in [3.05, 3.63) is 75.0 Å². The van der Waals surface area contributed by atoms with E-state index in [9.17, 15) is 24.2 Å². The molecule has 3 rings (SSSR count). The van der Waals surface area contributed by atoms with Crippen LogP contribution >= 0.6 is 0 Å². The highest BCUT2D eigenvalue weighted by atomic mass is 19.1. The SMILES string of the molecule is Cn1c(=O)c(C(N)=O)c(CC(O)O)c2ncc(Cc3ccc(F)cc3)cc21. The highest BCUT2D eigenvalue weighted by molar-refractivity contribution is 5.98. The Morgan fingerprint density at radius 2 is 1.93 bits per heavy atom. The fourth-order valence-corrected chi connectivity index (χ4v) is 3.08. The van der Waals surface area contributed by atoms with E-state index in [4.69, 9.17) is 5.73 Å². The molecule has 27 heavy (non-hydrogen) atoms. The van der Waals surface area contributed by atoms with Gasteiger partial charge < -0.3 is 20.5 Å². The largest absolute Gasteiger partial charge is 0.368 e. The fourth-order valence-electron chi connectivity index (χ4n) is 3.08. The molecule has 0 atom stereocenters. The quantitative estimate of drug-likeness (QED) is 0.568. The number of aromatic nitrogens is 2. The Bertz CT molecular complexity index is 1070. The summed E-state index contributed by atoms with van der Waals surface area (Å²) >= 11 is 0. The maximum atomic E-state index is 13.1. The molecule has 2 heterocycles. The second-order valence-corrected chi connectivity index (χ2v) is 6.28. The first kappa shape index (κ1) is 18.7. The number of halogens is 1. The number of primary amides is 1. The Balaban J connectivity index is 2.17. The van der Waals surface area contributed by atoms with E-state index in [0.29, 0.717) is 17.5 Å². The van der Waals surface area contributed by atoms with Gasteiger partial charge >= 0.3 is 0 Å². The Labute approximate surface area is 153 Å². The van der Waals surface area contributed by atoms with Gasteiger partial charge in [0.25, 0.3) is 11.5 Å². The maximum Gasteiger partial charge on any atom is 0.264 e. The predicted molar refractivity (Wildman–Crippen MR) is 96.6 cm³/mol. The van der Waals surface area contributed by atoms with Crippen LogP contribution in [0.5, 0.6) is 0 Å². The van der Waals surface area contributed by atoms with Crippen molar-refractivity contribution in [1.29, 1.82) is 0 Å². The monoisotopic (exact) mass is 371 g/mol. The predicted octanol–water partition coefficient (Wildman–Crippen LogP) is 0.616. The summed E-state index contributed by atoms with van der Waals surface area (Å²) < 4.78 is 14.3. The van der Waals surface area contributed by atoms with Gasteiger partial charge in [0.1, 0.15) is 11.4 Å². The van der Waals surface area contributed by atoms with Crippen molar-refractivity contribution in [3.63, 3.8) is 0 Å². The maximum absolute atomic E-state index is 13.1. The zero-order valence-electron chi connectivity index (χ0n) is 14.5. The first-order valence-corrected chi connectivity index (χ1v) is 8.18. The van der Waals surface area contributed by atoms with Crippen LogP contribution in [0.3, 0.4) is 0 Å². The number of rotatable bonds is 5. The van der Waals surface area contributed by atoms with Gasteiger partial charge in [-0.1, -0.05) is 12.1 Å². The molecule has 0 aliphatic carbocycles. The smallest absolute Gasteiger partial charge is 0.264 e. The molecule has 0 saturated heterocycles. The first-order valence-electron chi connectivity index (χ1n) is 8.18. The van der Waals surface area contributed by atoms with E-state index in [1.54, 1.807) is 24.4 Å². The fraction of sp³-hybridized carbons (Fsp3) is 0.211. The second-order valence-electron chi connectivity index (χ2n) is 6.28. The van der Waals surface area contributed by atoms with Crippen molar-refractivity contribution in [3.8, 4) is 0 Å². The van der Waals surface area contributed by atoms with E-state index in [0.717, 1.165) is 11.1 Å². The molecule has 0 spiro atoms. The summed E-state index contributed by atoms with van der Waals surface area (Å²) in [4.78, 5) is 28.6. The lowest BCUT2D eigenvalue weighted by atomic mass is 10.0. The number of hydrogen-bond donors (Lipinski definition) is 3. The molecule has 140 valence electrons. The molecule has 2 aromatic heterocycles. The average molecular weight is 371 g/mol. The van der Waals surface area contributed by atoms with Gasteiger partial charge in [0.2, 0.25) is 0 Å². The van der Waals surface area contributed by atoms with Gasteiger partial charge in [-0.25, -0.2) is 4.39 Å². The molecule has 0 fully saturated rings. The molecule has 1 aromatic carbocycles. The molecule has 0 radical (unpaired) electrons. The van der Waals surface area contributed by atoms with Gasteiger partial charge in [-0.2, -0.15) is 0 Å². The number of aliphatic hydroxyl groups excluding tert-OH is 1. The van der Waals surface area contributed by atoms with Crippen LogP contribution in [0, 0.1) is 5.82 Å². The molecule has 0 saturated carbocycles. The summed E-state index contributed by atoms with van der Waals surface area (Å²) in [5.74, 6) is -1.28. The minimum Gasteiger partial charge on any atom is -0.368 e. The van der Waals surface area contributed by atoms with Crippen molar-refractivity contribution in [2.45, 2.75) is 19.1 Å². The molecule has 0 unspecified atom stereocenters. The van der Waals surface area contributed by atoms with E-state index in [1.807, 2.05) is 0 Å². The number of aryl methyl sites for hydroxylation is 1. The molecule has 0 aliphatic rings. The Morgan fingerprint density at radius 1 is 1.26 bits per heavy atom. The third-order valence-electron chi connectivity index (χ3n) is 4.35. The first-order chi connectivity index (χ1) is 12.8. The number of nitrogens with zero attached hydrogens (tertiary/aromatic N) is 2. The van der Waals surface area contributed by atoms with Crippen molar-refractivity contribution >= 4 is 16.9 Å². The lowest BCUT2D eigenvalue weighted by Crippen LogP contribution is -2.32. The molecule has 8 heteroatoms. The molecule has 0 aliphatic heterocycles. The molecular formula is C19H18FN3O4. The second kappa shape index (κ2) is 7.26. The van der Waals surface area contributed by atoms with E-state index in [-0.39, 0.29) is 23.4 Å².